The number of hydrogen-bond donors (Lipinski definition) is 0. The molecule has 0 heterocycles. The second kappa shape index (κ2) is 4.10. The van der Waals surface area contributed by atoms with Gasteiger partial charge < -0.3 is 0 Å². The third kappa shape index (κ3) is 1.43. The minimum absolute atomic E-state index is 0.0873. The molecule has 0 amide bonds. The molecule has 6 aliphatic rings. The van der Waals surface area contributed by atoms with Crippen molar-refractivity contribution in [2.24, 2.45) is 28.1 Å². The first kappa shape index (κ1) is 14.7. The van der Waals surface area contributed by atoms with Gasteiger partial charge in [-0.15, -0.1) is 0 Å². The van der Waals surface area contributed by atoms with Crippen LogP contribution >= 0.6 is 0 Å². The van der Waals surface area contributed by atoms with E-state index in [1.165, 1.54) is 17.6 Å². The van der Waals surface area contributed by atoms with Crippen molar-refractivity contribution in [1.29, 1.82) is 0 Å². The van der Waals surface area contributed by atoms with E-state index in [0.29, 0.717) is 29.8 Å². The van der Waals surface area contributed by atoms with Crippen LogP contribution in [0.25, 0.3) is 0 Å². The van der Waals surface area contributed by atoms with Crippen LogP contribution in [0.4, 0.5) is 0 Å². The normalized spacial score (nSPS) is 49.7. The van der Waals surface area contributed by atoms with Crippen LogP contribution in [0.1, 0.15) is 65.2 Å². The average molecular weight is 334 g/mol. The molecular formula is C23H26O2. The predicted molar refractivity (Wildman–Crippen MR) is 95.8 cm³/mol. The van der Waals surface area contributed by atoms with Crippen molar-refractivity contribution in [3.8, 4) is 0 Å². The number of fused-ring (bicyclic) bond motifs is 6. The van der Waals surface area contributed by atoms with Gasteiger partial charge in [0.1, 0.15) is 5.78 Å². The molecule has 6 aliphatic carbocycles. The SMILES string of the molecule is CC12CCC(=O)C=C1[C@H]1CC1C1=C2CCC23C(=O)CCC2(C)CC=C13. The van der Waals surface area contributed by atoms with Gasteiger partial charge in [-0.2, -0.15) is 0 Å². The van der Waals surface area contributed by atoms with E-state index in [9.17, 15) is 9.59 Å². The van der Waals surface area contributed by atoms with Crippen molar-refractivity contribution < 1.29 is 9.59 Å². The van der Waals surface area contributed by atoms with Crippen LogP contribution in [0.5, 0.6) is 0 Å². The largest absolute Gasteiger partial charge is 0.299 e. The second-order valence-corrected chi connectivity index (χ2v) is 9.95. The smallest absolute Gasteiger partial charge is 0.155 e. The number of carbonyl (C=O) groups is 2. The zero-order valence-electron chi connectivity index (χ0n) is 15.3. The molecule has 2 heteroatoms. The van der Waals surface area contributed by atoms with E-state index < -0.39 is 0 Å². The van der Waals surface area contributed by atoms with Crippen LogP contribution in [0, 0.1) is 28.1 Å². The van der Waals surface area contributed by atoms with Gasteiger partial charge in [-0.3, -0.25) is 9.59 Å². The minimum atomic E-state index is -0.166. The molecule has 25 heavy (non-hydrogen) atoms. The van der Waals surface area contributed by atoms with Gasteiger partial charge in [0.2, 0.25) is 0 Å². The zero-order chi connectivity index (χ0) is 17.2. The van der Waals surface area contributed by atoms with Gasteiger partial charge in [-0.05, 0) is 73.0 Å². The first-order valence-electron chi connectivity index (χ1n) is 10.1. The fourth-order valence-corrected chi connectivity index (χ4v) is 7.55. The van der Waals surface area contributed by atoms with Gasteiger partial charge in [0, 0.05) is 18.3 Å². The molecule has 2 nitrogen and oxygen atoms in total. The summed E-state index contributed by atoms with van der Waals surface area (Å²) in [5, 5.41) is 0. The molecule has 0 aliphatic heterocycles. The van der Waals surface area contributed by atoms with Crippen molar-refractivity contribution in [2.45, 2.75) is 65.2 Å². The Labute approximate surface area is 149 Å². The van der Waals surface area contributed by atoms with Crippen LogP contribution in [-0.2, 0) is 9.59 Å². The summed E-state index contributed by atoms with van der Waals surface area (Å²) in [6, 6.07) is 0. The Hall–Kier alpha value is -1.44. The van der Waals surface area contributed by atoms with Gasteiger partial charge in [0.25, 0.3) is 0 Å². The Morgan fingerprint density at radius 2 is 1.84 bits per heavy atom. The summed E-state index contributed by atoms with van der Waals surface area (Å²) in [6.45, 7) is 4.75. The van der Waals surface area contributed by atoms with Crippen LogP contribution in [-0.4, -0.2) is 11.6 Å². The van der Waals surface area contributed by atoms with Gasteiger partial charge in [0.15, 0.2) is 5.78 Å². The highest BCUT2D eigenvalue weighted by Crippen LogP contribution is 2.74. The monoisotopic (exact) mass is 334 g/mol. The van der Waals surface area contributed by atoms with Crippen LogP contribution < -0.4 is 0 Å². The molecule has 4 unspecified atom stereocenters. The molecule has 2 fully saturated rings. The summed E-state index contributed by atoms with van der Waals surface area (Å²) in [6.07, 6.45) is 12.3. The van der Waals surface area contributed by atoms with Gasteiger partial charge in [0.05, 0.1) is 5.41 Å². The van der Waals surface area contributed by atoms with Gasteiger partial charge in [-0.25, -0.2) is 0 Å². The van der Waals surface area contributed by atoms with E-state index >= 15 is 0 Å². The summed E-state index contributed by atoms with van der Waals surface area (Å²) in [4.78, 5) is 25.2. The number of carbonyl (C=O) groups excluding carboxylic acids is 2. The predicted octanol–water partition coefficient (Wildman–Crippen LogP) is 4.71. The molecule has 0 bridgehead atoms. The summed E-state index contributed by atoms with van der Waals surface area (Å²) in [5.41, 5.74) is 6.16. The third-order valence-corrected chi connectivity index (χ3v) is 9.04. The number of ketones is 2. The Balaban J connectivity index is 1.57. The quantitative estimate of drug-likeness (QED) is 0.643. The molecule has 0 aromatic rings. The number of allylic oxidation sites excluding steroid dienone is 6. The topological polar surface area (TPSA) is 34.1 Å². The highest BCUT2D eigenvalue weighted by atomic mass is 16.1. The fraction of sp³-hybridized carbons (Fsp3) is 0.652. The lowest BCUT2D eigenvalue weighted by Gasteiger charge is -2.50. The Morgan fingerprint density at radius 3 is 2.68 bits per heavy atom. The fourth-order valence-electron chi connectivity index (χ4n) is 7.55. The molecule has 6 rings (SSSR count). The molecule has 2 saturated carbocycles. The number of hydrogen-bond acceptors (Lipinski definition) is 2. The van der Waals surface area contributed by atoms with Gasteiger partial charge >= 0.3 is 0 Å². The van der Waals surface area contributed by atoms with E-state index in [4.69, 9.17) is 0 Å². The maximum atomic E-state index is 13.1. The standard InChI is InChI=1S/C23H26O2/c1-21-7-4-17-20-15-12-14(15)18-11-13(24)3-9-22(18,2)16(20)5-10-23(17,21)19(25)6-8-21/h4,11,14-15H,3,5-10,12H2,1-2H3/t14-,15?,21?,22?,23?/m0/s1. The number of rotatable bonds is 0. The van der Waals surface area contributed by atoms with Crippen LogP contribution in [0.3, 0.4) is 0 Å². The minimum Gasteiger partial charge on any atom is -0.299 e. The van der Waals surface area contributed by atoms with E-state index in [1.807, 2.05) is 6.08 Å². The van der Waals surface area contributed by atoms with Crippen molar-refractivity contribution in [3.63, 3.8) is 0 Å². The van der Waals surface area contributed by atoms with E-state index in [0.717, 1.165) is 38.5 Å². The van der Waals surface area contributed by atoms with Crippen molar-refractivity contribution in [3.05, 3.63) is 34.4 Å². The highest BCUT2D eigenvalue weighted by molar-refractivity contribution is 5.95. The van der Waals surface area contributed by atoms with Crippen molar-refractivity contribution >= 4 is 11.6 Å². The molecule has 0 N–H and O–H groups in total. The Morgan fingerprint density at radius 1 is 1.00 bits per heavy atom. The van der Waals surface area contributed by atoms with Crippen molar-refractivity contribution in [1.82, 2.24) is 0 Å². The lowest BCUT2D eigenvalue weighted by molar-refractivity contribution is -0.127. The van der Waals surface area contributed by atoms with E-state index in [1.54, 1.807) is 11.1 Å². The second-order valence-electron chi connectivity index (χ2n) is 9.95. The lowest BCUT2D eigenvalue weighted by atomic mass is 9.52. The first-order chi connectivity index (χ1) is 11.9. The molecule has 0 radical (unpaired) electrons. The summed E-state index contributed by atoms with van der Waals surface area (Å²) in [5.74, 6) is 2.02. The summed E-state index contributed by atoms with van der Waals surface area (Å²) in [7, 11) is 0. The molecule has 0 saturated heterocycles. The first-order valence-corrected chi connectivity index (χ1v) is 10.1. The molecular weight excluding hydrogens is 308 g/mol. The summed E-state index contributed by atoms with van der Waals surface area (Å²) < 4.78 is 0. The van der Waals surface area contributed by atoms with E-state index in [2.05, 4.69) is 19.9 Å². The van der Waals surface area contributed by atoms with Gasteiger partial charge in [-0.1, -0.05) is 31.1 Å². The Kier molecular flexibility index (Phi) is 2.41. The maximum Gasteiger partial charge on any atom is 0.155 e. The summed E-state index contributed by atoms with van der Waals surface area (Å²) >= 11 is 0. The maximum absolute atomic E-state index is 13.1. The molecule has 0 aromatic heterocycles. The molecule has 0 aromatic carbocycles. The third-order valence-electron chi connectivity index (χ3n) is 9.04. The average Bonchev–Trinajstić information content (AvgIpc) is 3.27. The van der Waals surface area contributed by atoms with Crippen LogP contribution in [0.2, 0.25) is 0 Å². The van der Waals surface area contributed by atoms with E-state index in [-0.39, 0.29) is 16.2 Å². The molecule has 1 spiro atoms. The molecule has 5 atom stereocenters. The Bertz CT molecular complexity index is 855. The highest BCUT2D eigenvalue weighted by Gasteiger charge is 2.67. The number of Topliss-reactive ketones (excluding diaryl/α,β-unsaturated/α-hetero) is 1. The molecule has 130 valence electrons. The van der Waals surface area contributed by atoms with Crippen LogP contribution in [0.15, 0.2) is 34.4 Å². The van der Waals surface area contributed by atoms with Crippen molar-refractivity contribution in [2.75, 3.05) is 0 Å². The zero-order valence-corrected chi connectivity index (χ0v) is 15.3. The lowest BCUT2D eigenvalue weighted by Crippen LogP contribution is -2.44.